The SMILES string of the molecule is COc1cccc(N2C(=O)CS[C@H]2c2cccc(NC(=O)c3ccccc3C)c2)c1. The highest BCUT2D eigenvalue weighted by Crippen LogP contribution is 2.42. The van der Waals surface area contributed by atoms with E-state index >= 15 is 0 Å². The molecule has 3 aromatic carbocycles. The number of nitrogens with one attached hydrogen (secondary N) is 1. The molecule has 1 atom stereocenters. The van der Waals surface area contributed by atoms with E-state index in [4.69, 9.17) is 4.74 Å². The van der Waals surface area contributed by atoms with Gasteiger partial charge >= 0.3 is 0 Å². The van der Waals surface area contributed by atoms with Gasteiger partial charge in [-0.1, -0.05) is 36.4 Å². The van der Waals surface area contributed by atoms with Gasteiger partial charge in [0.25, 0.3) is 5.91 Å². The summed E-state index contributed by atoms with van der Waals surface area (Å²) in [7, 11) is 1.61. The highest BCUT2D eigenvalue weighted by Gasteiger charge is 2.34. The zero-order valence-electron chi connectivity index (χ0n) is 16.8. The number of benzene rings is 3. The van der Waals surface area contributed by atoms with Crippen molar-refractivity contribution in [3.63, 3.8) is 0 Å². The Morgan fingerprint density at radius 3 is 2.67 bits per heavy atom. The molecule has 1 aliphatic heterocycles. The van der Waals surface area contributed by atoms with Crippen molar-refractivity contribution in [2.75, 3.05) is 23.1 Å². The van der Waals surface area contributed by atoms with Crippen molar-refractivity contribution in [2.24, 2.45) is 0 Å². The molecule has 0 radical (unpaired) electrons. The molecule has 0 saturated carbocycles. The van der Waals surface area contributed by atoms with Crippen LogP contribution in [0, 0.1) is 6.92 Å². The van der Waals surface area contributed by atoms with E-state index in [9.17, 15) is 9.59 Å². The zero-order valence-corrected chi connectivity index (χ0v) is 17.6. The van der Waals surface area contributed by atoms with Crippen molar-refractivity contribution < 1.29 is 14.3 Å². The molecule has 1 saturated heterocycles. The van der Waals surface area contributed by atoms with Gasteiger partial charge in [-0.25, -0.2) is 0 Å². The number of thioether (sulfide) groups is 1. The van der Waals surface area contributed by atoms with Gasteiger partial charge in [-0.05, 0) is 48.4 Å². The number of anilines is 2. The minimum absolute atomic E-state index is 0.0487. The molecule has 5 nitrogen and oxygen atoms in total. The lowest BCUT2D eigenvalue weighted by molar-refractivity contribution is -0.115. The smallest absolute Gasteiger partial charge is 0.255 e. The first-order chi connectivity index (χ1) is 14.6. The molecule has 0 unspecified atom stereocenters. The van der Waals surface area contributed by atoms with E-state index in [1.54, 1.807) is 23.8 Å². The lowest BCUT2D eigenvalue weighted by atomic mass is 10.1. The van der Waals surface area contributed by atoms with Crippen molar-refractivity contribution in [1.29, 1.82) is 0 Å². The summed E-state index contributed by atoms with van der Waals surface area (Å²) >= 11 is 1.57. The number of methoxy groups -OCH3 is 1. The summed E-state index contributed by atoms with van der Waals surface area (Å²) in [6, 6.07) is 22.7. The van der Waals surface area contributed by atoms with Crippen LogP contribution in [0.3, 0.4) is 0 Å². The Hall–Kier alpha value is -3.25. The highest BCUT2D eigenvalue weighted by atomic mass is 32.2. The van der Waals surface area contributed by atoms with Gasteiger partial charge in [0.2, 0.25) is 5.91 Å². The molecule has 0 aromatic heterocycles. The number of nitrogens with zero attached hydrogens (tertiary/aromatic N) is 1. The van der Waals surface area contributed by atoms with Gasteiger partial charge in [-0.15, -0.1) is 11.8 Å². The third kappa shape index (κ3) is 4.04. The van der Waals surface area contributed by atoms with Crippen LogP contribution in [0.4, 0.5) is 11.4 Å². The van der Waals surface area contributed by atoms with E-state index in [0.717, 1.165) is 16.8 Å². The summed E-state index contributed by atoms with van der Waals surface area (Å²) in [6.45, 7) is 1.91. The fourth-order valence-corrected chi connectivity index (χ4v) is 4.67. The van der Waals surface area contributed by atoms with Crippen molar-refractivity contribution >= 4 is 35.0 Å². The Kier molecular flexibility index (Phi) is 5.77. The molecule has 30 heavy (non-hydrogen) atoms. The van der Waals surface area contributed by atoms with Crippen LogP contribution < -0.4 is 15.0 Å². The molecule has 4 rings (SSSR count). The van der Waals surface area contributed by atoms with Gasteiger partial charge in [-0.3, -0.25) is 14.5 Å². The first-order valence-corrected chi connectivity index (χ1v) is 10.7. The molecule has 0 spiro atoms. The van der Waals surface area contributed by atoms with E-state index in [-0.39, 0.29) is 17.2 Å². The number of ether oxygens (including phenoxy) is 1. The topological polar surface area (TPSA) is 58.6 Å². The predicted molar refractivity (Wildman–Crippen MR) is 121 cm³/mol. The molecule has 152 valence electrons. The third-order valence-electron chi connectivity index (χ3n) is 5.02. The minimum Gasteiger partial charge on any atom is -0.497 e. The minimum atomic E-state index is -0.167. The van der Waals surface area contributed by atoms with Crippen LogP contribution in [0.5, 0.6) is 5.75 Å². The zero-order chi connectivity index (χ0) is 21.1. The maximum atomic E-state index is 12.7. The molecule has 1 N–H and O–H groups in total. The first-order valence-electron chi connectivity index (χ1n) is 9.61. The van der Waals surface area contributed by atoms with Gasteiger partial charge in [0, 0.05) is 23.0 Å². The molecule has 1 fully saturated rings. The van der Waals surface area contributed by atoms with Gasteiger partial charge in [0.1, 0.15) is 11.1 Å². The average Bonchev–Trinajstić information content (AvgIpc) is 3.15. The van der Waals surface area contributed by atoms with E-state index in [1.165, 1.54) is 0 Å². The molecule has 3 aromatic rings. The Balaban J connectivity index is 1.60. The van der Waals surface area contributed by atoms with E-state index < -0.39 is 0 Å². The highest BCUT2D eigenvalue weighted by molar-refractivity contribution is 8.00. The van der Waals surface area contributed by atoms with E-state index in [1.807, 2.05) is 79.7 Å². The van der Waals surface area contributed by atoms with E-state index in [2.05, 4.69) is 5.32 Å². The number of carbonyl (C=O) groups is 2. The van der Waals surface area contributed by atoms with Crippen molar-refractivity contribution in [3.8, 4) is 5.75 Å². The largest absolute Gasteiger partial charge is 0.497 e. The van der Waals surface area contributed by atoms with Crippen LogP contribution in [0.25, 0.3) is 0 Å². The van der Waals surface area contributed by atoms with Crippen LogP contribution in [0.2, 0.25) is 0 Å². The van der Waals surface area contributed by atoms with Crippen molar-refractivity contribution in [3.05, 3.63) is 89.5 Å². The van der Waals surface area contributed by atoms with Gasteiger partial charge in [0.15, 0.2) is 0 Å². The second-order valence-corrected chi connectivity index (χ2v) is 8.09. The van der Waals surface area contributed by atoms with Gasteiger partial charge < -0.3 is 10.1 Å². The Morgan fingerprint density at radius 2 is 1.87 bits per heavy atom. The Labute approximate surface area is 180 Å². The lowest BCUT2D eigenvalue weighted by Crippen LogP contribution is -2.27. The molecule has 0 bridgehead atoms. The quantitative estimate of drug-likeness (QED) is 0.631. The summed E-state index contributed by atoms with van der Waals surface area (Å²) in [5.41, 5.74) is 4.02. The Morgan fingerprint density at radius 1 is 1.07 bits per heavy atom. The van der Waals surface area contributed by atoms with Gasteiger partial charge in [0.05, 0.1) is 12.9 Å². The Bertz CT molecular complexity index is 1100. The predicted octanol–water partition coefficient (Wildman–Crippen LogP) is 5.03. The van der Waals surface area contributed by atoms with Crippen LogP contribution in [-0.2, 0) is 4.79 Å². The average molecular weight is 419 g/mol. The molecule has 6 heteroatoms. The van der Waals surface area contributed by atoms with Gasteiger partial charge in [-0.2, -0.15) is 0 Å². The van der Waals surface area contributed by atoms with Crippen molar-refractivity contribution in [2.45, 2.75) is 12.3 Å². The number of amides is 2. The number of hydrogen-bond acceptors (Lipinski definition) is 4. The lowest BCUT2D eigenvalue weighted by Gasteiger charge is -2.25. The molecule has 0 aliphatic carbocycles. The summed E-state index contributed by atoms with van der Waals surface area (Å²) < 4.78 is 5.31. The van der Waals surface area contributed by atoms with Crippen molar-refractivity contribution in [1.82, 2.24) is 0 Å². The van der Waals surface area contributed by atoms with Crippen LogP contribution >= 0.6 is 11.8 Å². The molecule has 1 aliphatic rings. The monoisotopic (exact) mass is 418 g/mol. The normalized spacial score (nSPS) is 15.9. The summed E-state index contributed by atoms with van der Waals surface area (Å²) in [5.74, 6) is 1.01. The van der Waals surface area contributed by atoms with Crippen LogP contribution in [0.15, 0.2) is 72.8 Å². The fourth-order valence-electron chi connectivity index (χ4n) is 3.51. The van der Waals surface area contributed by atoms with Crippen LogP contribution in [0.1, 0.15) is 26.9 Å². The molecule has 2 amide bonds. The second kappa shape index (κ2) is 8.63. The molecular formula is C24H22N2O3S. The second-order valence-electron chi connectivity index (χ2n) is 7.02. The number of aryl methyl sites for hydroxylation is 1. The summed E-state index contributed by atoms with van der Waals surface area (Å²) in [4.78, 5) is 27.1. The van der Waals surface area contributed by atoms with Crippen LogP contribution in [-0.4, -0.2) is 24.7 Å². The first kappa shape index (κ1) is 20.0. The summed E-state index contributed by atoms with van der Waals surface area (Å²) in [5, 5.41) is 2.81. The maximum Gasteiger partial charge on any atom is 0.255 e. The maximum absolute atomic E-state index is 12.7. The third-order valence-corrected chi connectivity index (χ3v) is 6.23. The molecular weight excluding hydrogens is 396 g/mol. The summed E-state index contributed by atoms with van der Waals surface area (Å²) in [6.07, 6.45) is 0. The number of hydrogen-bond donors (Lipinski definition) is 1. The number of carbonyl (C=O) groups excluding carboxylic acids is 2. The fraction of sp³-hybridized carbons (Fsp3) is 0.167. The standard InChI is InChI=1S/C24H22N2O3S/c1-16-7-3-4-12-21(16)23(28)25-18-9-5-8-17(13-18)24-26(22(27)15-30-24)19-10-6-11-20(14-19)29-2/h3-14,24H,15H2,1-2H3,(H,25,28)/t24-/m0/s1. The van der Waals surface area contributed by atoms with E-state index in [0.29, 0.717) is 22.8 Å². The number of rotatable bonds is 5. The molecule has 1 heterocycles.